The molecule has 0 spiro atoms. The third-order valence-corrected chi connectivity index (χ3v) is 22.3. The first-order valence-electron chi connectivity index (χ1n) is 43.9. The topological polar surface area (TPSA) is 248 Å². The van der Waals surface area contributed by atoms with E-state index in [0.29, 0.717) is 85.0 Å². The summed E-state index contributed by atoms with van der Waals surface area (Å²) in [7, 11) is 0. The molecule has 2 aromatic heterocycles. The van der Waals surface area contributed by atoms with Crippen LogP contribution in [0.1, 0.15) is 191 Å². The Balaban J connectivity index is 0.000000130. The Kier molecular flexibility index (Phi) is 30.6. The maximum Gasteiger partial charge on any atom is 0.255 e. The number of aromatic nitrogens is 2. The Morgan fingerprint density at radius 1 is 0.429 bits per heavy atom. The summed E-state index contributed by atoms with van der Waals surface area (Å²) in [6.45, 7) is 15.6. The minimum atomic E-state index is -0.182. The maximum absolute atomic E-state index is 13.2. The van der Waals surface area contributed by atoms with Gasteiger partial charge in [0.2, 0.25) is 0 Å². The number of morpholine rings is 1. The Labute approximate surface area is 743 Å². The molecule has 0 radical (unpaired) electrons. The third kappa shape index (κ3) is 26.2. The summed E-state index contributed by atoms with van der Waals surface area (Å²) in [5, 5.41) is 35.2. The quantitative estimate of drug-likeness (QED) is 0.0185. The minimum Gasteiger partial charge on any atom is -0.489 e. The van der Waals surface area contributed by atoms with Gasteiger partial charge in [-0.05, 0) is 306 Å². The number of nitrogens with one attached hydrogen (secondary N) is 7. The van der Waals surface area contributed by atoms with Gasteiger partial charge in [-0.1, -0.05) is 121 Å². The zero-order valence-corrected chi connectivity index (χ0v) is 72.7. The number of carbonyl (C=O) groups excluding carboxylic acids is 3. The van der Waals surface area contributed by atoms with Crippen LogP contribution >= 0.6 is 11.6 Å². The van der Waals surface area contributed by atoms with E-state index < -0.39 is 0 Å². The van der Waals surface area contributed by atoms with Crippen molar-refractivity contribution >= 4 is 80.5 Å². The van der Waals surface area contributed by atoms with Crippen LogP contribution in [-0.4, -0.2) is 96.3 Å². The summed E-state index contributed by atoms with van der Waals surface area (Å²) >= 11 is 6.39. The molecule has 646 valence electrons. The molecule has 4 saturated carbocycles. The number of amides is 3. The summed E-state index contributed by atoms with van der Waals surface area (Å²) in [6, 6.07) is 85.9. The van der Waals surface area contributed by atoms with Crippen LogP contribution in [0.3, 0.4) is 0 Å². The number of ether oxygens (including phenoxy) is 5. The van der Waals surface area contributed by atoms with Gasteiger partial charge >= 0.3 is 0 Å². The van der Waals surface area contributed by atoms with Gasteiger partial charge in [0.15, 0.2) is 0 Å². The van der Waals surface area contributed by atoms with E-state index in [1.165, 1.54) is 42.4 Å². The number of anilines is 8. The van der Waals surface area contributed by atoms with Gasteiger partial charge < -0.3 is 60.9 Å². The van der Waals surface area contributed by atoms with Crippen LogP contribution < -0.4 is 56.2 Å². The van der Waals surface area contributed by atoms with Crippen molar-refractivity contribution in [3.8, 4) is 23.0 Å². The van der Waals surface area contributed by atoms with Crippen LogP contribution in [0.15, 0.2) is 289 Å². The van der Waals surface area contributed by atoms with E-state index in [4.69, 9.17) is 35.3 Å². The molecule has 1 saturated heterocycles. The maximum atomic E-state index is 13.2. The number of hydrogen-bond acceptors (Lipinski definition) is 18. The van der Waals surface area contributed by atoms with Crippen LogP contribution in [0, 0.1) is 0 Å². The van der Waals surface area contributed by atoms with E-state index in [0.717, 1.165) is 173 Å². The number of benzene rings is 10. The van der Waals surface area contributed by atoms with Crippen molar-refractivity contribution in [3.05, 3.63) is 345 Å². The number of halogens is 1. The highest BCUT2D eigenvalue weighted by Crippen LogP contribution is 2.50. The van der Waals surface area contributed by atoms with Crippen molar-refractivity contribution in [1.82, 2.24) is 30.8 Å². The number of hydrogen-bond donors (Lipinski definition) is 7. The molecule has 0 unspecified atom stereocenters. The Bertz CT molecular complexity index is 5670. The van der Waals surface area contributed by atoms with Gasteiger partial charge in [-0.15, -0.1) is 5.10 Å². The van der Waals surface area contributed by atoms with Crippen molar-refractivity contribution in [2.45, 2.75) is 148 Å². The number of carbonyl (C=O) groups is 3. The minimum absolute atomic E-state index is 0.00536. The second kappa shape index (κ2) is 43.9. The highest BCUT2D eigenvalue weighted by Gasteiger charge is 2.33. The Morgan fingerprint density at radius 2 is 0.905 bits per heavy atom. The second-order valence-corrected chi connectivity index (χ2v) is 33.4. The lowest BCUT2D eigenvalue weighted by molar-refractivity contribution is 0.0374. The van der Waals surface area contributed by atoms with Crippen molar-refractivity contribution in [2.75, 3.05) is 67.2 Å². The molecule has 4 heterocycles. The summed E-state index contributed by atoms with van der Waals surface area (Å²) in [4.78, 5) is 49.4. The molecule has 4 aliphatic carbocycles. The molecule has 18 rings (SSSR count). The Hall–Kier alpha value is -13.2. The number of rotatable bonds is 34. The zero-order chi connectivity index (χ0) is 86.8. The van der Waals surface area contributed by atoms with Crippen molar-refractivity contribution in [3.63, 3.8) is 0 Å². The lowest BCUT2D eigenvalue weighted by Crippen LogP contribution is -2.38. The summed E-state index contributed by atoms with van der Waals surface area (Å²) in [5.41, 5.74) is 20.4. The molecule has 0 atom stereocenters. The van der Waals surface area contributed by atoms with Crippen LogP contribution in [0.25, 0.3) is 0 Å². The zero-order valence-electron chi connectivity index (χ0n) is 71.9. The van der Waals surface area contributed by atoms with Crippen molar-refractivity contribution < 1.29 is 38.1 Å². The van der Waals surface area contributed by atoms with Gasteiger partial charge in [0.1, 0.15) is 56.0 Å². The lowest BCUT2D eigenvalue weighted by Gasteiger charge is -2.26. The van der Waals surface area contributed by atoms with Gasteiger partial charge in [-0.25, -0.2) is 0 Å². The van der Waals surface area contributed by atoms with E-state index in [9.17, 15) is 14.4 Å². The van der Waals surface area contributed by atoms with E-state index >= 15 is 0 Å². The summed E-state index contributed by atoms with van der Waals surface area (Å²) < 4.78 is 29.2. The average molecular weight is 1710 g/mol. The van der Waals surface area contributed by atoms with Gasteiger partial charge in [-0.2, -0.15) is 5.11 Å². The van der Waals surface area contributed by atoms with E-state index in [1.807, 2.05) is 204 Å². The van der Waals surface area contributed by atoms with Crippen molar-refractivity contribution in [2.24, 2.45) is 15.4 Å². The van der Waals surface area contributed by atoms with Gasteiger partial charge in [0.25, 0.3) is 17.7 Å². The molecule has 5 fully saturated rings. The van der Waals surface area contributed by atoms with Crippen LogP contribution in [0.5, 0.6) is 23.0 Å². The molecule has 22 heteroatoms. The molecule has 10 aromatic carbocycles. The SMILES string of the molecule is CC(C)NC(=O)c1c(Cl)cccc1Nc1ccc(OCc2ccccc2)cc1C1CC1.CC(C)NC(=O)c1c(Nc2ccc(OCc3ccccc3)cc2C2CC2)cccc1C1CC1.O=C(NCCCN1CCOCC1)c1cccc(Nc2ccc(OCc3ccccn3)cc2)c1.c1ccc(COc2ccc(Nc3cccc(C4=NN=NC4)c3)c(C3CC3)c2)nc1. The molecule has 126 heavy (non-hydrogen) atoms. The molecule has 7 N–H and O–H groups in total. The molecule has 6 aliphatic rings. The number of nitrogens with zero attached hydrogens (tertiary/aromatic N) is 6. The normalized spacial score (nSPS) is 14.4. The largest absolute Gasteiger partial charge is 0.489 e. The highest BCUT2D eigenvalue weighted by atomic mass is 35.5. The highest BCUT2D eigenvalue weighted by molar-refractivity contribution is 6.34. The predicted octanol–water partition coefficient (Wildman–Crippen LogP) is 22.9. The molecule has 3 amide bonds. The molecular weight excluding hydrogens is 1590 g/mol. The van der Waals surface area contributed by atoms with E-state index in [2.05, 4.69) is 146 Å². The van der Waals surface area contributed by atoms with Crippen molar-refractivity contribution in [1.29, 1.82) is 0 Å². The molecule has 0 bridgehead atoms. The van der Waals surface area contributed by atoms with Crippen LogP contribution in [0.4, 0.5) is 45.5 Å². The fourth-order valence-corrected chi connectivity index (χ4v) is 15.2. The first kappa shape index (κ1) is 87.7. The van der Waals surface area contributed by atoms with Crippen LogP contribution in [0.2, 0.25) is 5.02 Å². The van der Waals surface area contributed by atoms with E-state index in [-0.39, 0.29) is 29.8 Å². The molecular formula is C104H110ClN13O8. The smallest absolute Gasteiger partial charge is 0.255 e. The van der Waals surface area contributed by atoms with Crippen LogP contribution in [-0.2, 0) is 31.2 Å². The van der Waals surface area contributed by atoms with Gasteiger partial charge in [-0.3, -0.25) is 29.3 Å². The Morgan fingerprint density at radius 3 is 1.43 bits per heavy atom. The molecule has 21 nitrogen and oxygen atoms in total. The standard InChI is InChI=1S/C29H32N2O2.C26H27ClN2O2.C26H30N4O3.C23H21N5O/c1-19(2)30-29(32)28-24(21-11-12-21)9-6-10-27(28)31-26-16-15-23(17-25(26)22-13-14-22)33-18-20-7-4-3-5-8-20;1-17(2)28-26(30)25-22(27)9-6-10-24(25)29-23-14-13-20(15-21(23)19-11-12-19)31-16-18-7-4-3-5-8-18;31-26(28-13-4-14-30-15-17-32-18-16-30)21-5-3-7-23(19-21)29-22-8-10-25(11-9-22)33-20-24-6-1-2-12-27-24;1-2-11-24-19(5-1)15-29-20-9-10-22(21(13-20)16-7-8-16)26-18-6-3-4-17(12-18)23-14-25-28-27-23/h3-10,15-17,19,21-22,31H,11-14,18H2,1-2H3,(H,30,32);3-10,13-15,17,19,29H,11-12,16H2,1-2H3,(H,28,30);1-3,5-12,19,29H,4,13-18,20H2,(H,28,31);1-6,9-13,16,26H,7-8,14-15H2. The predicted molar refractivity (Wildman–Crippen MR) is 502 cm³/mol. The van der Waals surface area contributed by atoms with E-state index in [1.54, 1.807) is 18.5 Å². The monoisotopic (exact) mass is 1700 g/mol. The van der Waals surface area contributed by atoms with Gasteiger partial charge in [0, 0.05) is 89.4 Å². The first-order chi connectivity index (χ1) is 61.7. The fourth-order valence-electron chi connectivity index (χ4n) is 14.9. The van der Waals surface area contributed by atoms with Gasteiger partial charge in [0.05, 0.1) is 57.8 Å². The fraction of sp³-hybridized carbons (Fsp3) is 0.288. The first-order valence-corrected chi connectivity index (χ1v) is 44.3. The summed E-state index contributed by atoms with van der Waals surface area (Å²) in [6.07, 6.45) is 13.9. The lowest BCUT2D eigenvalue weighted by atomic mass is 9.99. The summed E-state index contributed by atoms with van der Waals surface area (Å²) in [5.74, 6) is 5.30. The molecule has 12 aromatic rings. The second-order valence-electron chi connectivity index (χ2n) is 33.0. The third-order valence-electron chi connectivity index (χ3n) is 22.0. The number of pyridine rings is 2. The average Bonchev–Trinajstić information content (AvgIpc) is 1.69. The molecule has 2 aliphatic heterocycles.